The van der Waals surface area contributed by atoms with Gasteiger partial charge in [-0.2, -0.15) is 15.3 Å². The molecule has 2 N–H and O–H groups in total. The van der Waals surface area contributed by atoms with Crippen molar-refractivity contribution in [3.8, 4) is 6.07 Å². The number of nitriles is 1. The average molecular weight is 421 g/mol. The molecule has 0 saturated carbocycles. The van der Waals surface area contributed by atoms with E-state index in [1.807, 2.05) is 18.9 Å². The molecule has 158 valence electrons. The van der Waals surface area contributed by atoms with Gasteiger partial charge in [-0.05, 0) is 13.0 Å². The lowest BCUT2D eigenvalue weighted by Gasteiger charge is -2.50. The average Bonchev–Trinajstić information content (AvgIpc) is 3.12. The zero-order valence-electron chi connectivity index (χ0n) is 17.0. The number of nitrogens with one attached hydrogen (secondary N) is 2. The van der Waals surface area contributed by atoms with Crippen LogP contribution in [0.4, 0.5) is 21.8 Å². The van der Waals surface area contributed by atoms with Gasteiger partial charge in [-0.3, -0.25) is 14.5 Å². The maximum atomic E-state index is 13.4. The van der Waals surface area contributed by atoms with Crippen molar-refractivity contribution >= 4 is 23.4 Å². The summed E-state index contributed by atoms with van der Waals surface area (Å²) < 4.78 is 15.1. The number of hydrogen-bond donors (Lipinski definition) is 2. The summed E-state index contributed by atoms with van der Waals surface area (Å²) in [4.78, 5) is 27.3. The molecule has 31 heavy (non-hydrogen) atoms. The van der Waals surface area contributed by atoms with Crippen LogP contribution in [0.15, 0.2) is 36.9 Å². The first-order valence-corrected chi connectivity index (χ1v) is 9.53. The molecule has 3 aromatic rings. The Morgan fingerprint density at radius 2 is 2.16 bits per heavy atom. The topological polar surface area (TPSA) is 125 Å². The van der Waals surface area contributed by atoms with E-state index in [9.17, 15) is 14.4 Å². The molecule has 0 radical (unpaired) electrons. The summed E-state index contributed by atoms with van der Waals surface area (Å²) in [7, 11) is 1.81. The van der Waals surface area contributed by atoms with Gasteiger partial charge in [-0.15, -0.1) is 0 Å². The molecule has 0 bridgehead atoms. The molecule has 11 heteroatoms. The summed E-state index contributed by atoms with van der Waals surface area (Å²) in [5.41, 5.74) is 0.820. The second kappa shape index (κ2) is 7.98. The Kier molecular flexibility index (Phi) is 5.21. The van der Waals surface area contributed by atoms with Crippen LogP contribution in [-0.2, 0) is 7.05 Å². The van der Waals surface area contributed by atoms with Crippen molar-refractivity contribution in [3.63, 3.8) is 0 Å². The highest BCUT2D eigenvalue weighted by atomic mass is 19.1. The van der Waals surface area contributed by atoms with Crippen molar-refractivity contribution in [1.82, 2.24) is 30.0 Å². The van der Waals surface area contributed by atoms with Crippen molar-refractivity contribution < 1.29 is 9.18 Å². The Morgan fingerprint density at radius 3 is 2.84 bits per heavy atom. The molecule has 1 fully saturated rings. The van der Waals surface area contributed by atoms with E-state index < -0.39 is 17.3 Å². The second-order valence-corrected chi connectivity index (χ2v) is 7.51. The fraction of sp³-hybridized carbons (Fsp3) is 0.300. The van der Waals surface area contributed by atoms with Crippen molar-refractivity contribution in [2.75, 3.05) is 23.3 Å². The maximum absolute atomic E-state index is 13.4. The zero-order chi connectivity index (χ0) is 22.0. The van der Waals surface area contributed by atoms with Crippen LogP contribution in [-0.4, -0.2) is 49.3 Å². The number of amides is 1. The Morgan fingerprint density at radius 1 is 1.35 bits per heavy atom. The van der Waals surface area contributed by atoms with Crippen LogP contribution in [0.3, 0.4) is 0 Å². The van der Waals surface area contributed by atoms with Crippen LogP contribution in [0.1, 0.15) is 22.5 Å². The maximum Gasteiger partial charge on any atom is 0.270 e. The largest absolute Gasteiger partial charge is 0.351 e. The monoisotopic (exact) mass is 421 g/mol. The van der Waals surface area contributed by atoms with Crippen molar-refractivity contribution in [1.29, 1.82) is 5.26 Å². The van der Waals surface area contributed by atoms with Gasteiger partial charge in [-0.1, -0.05) is 0 Å². The molecule has 0 aliphatic carbocycles. The van der Waals surface area contributed by atoms with Gasteiger partial charge in [0.05, 0.1) is 29.9 Å². The second-order valence-electron chi connectivity index (χ2n) is 7.51. The first-order chi connectivity index (χ1) is 14.9. The van der Waals surface area contributed by atoms with Gasteiger partial charge in [0.25, 0.3) is 5.91 Å². The van der Waals surface area contributed by atoms with E-state index in [0.29, 0.717) is 24.9 Å². The number of hydrogen-bond acceptors (Lipinski definition) is 8. The van der Waals surface area contributed by atoms with Crippen LogP contribution in [0.5, 0.6) is 0 Å². The van der Waals surface area contributed by atoms with Crippen LogP contribution in [0.25, 0.3) is 0 Å². The standard InChI is InChI=1S/C20H20FN9O/c1-13-8-24-19(26-15-9-25-29(2)10-15)27-17(13)30-11-20(12-30,4-5-22)28-18(31)16-7-14(21)3-6-23-16/h3,6-10H,4,11-12H2,1-2H3,(H,28,31)(H,24,26,27). The third-order valence-electron chi connectivity index (χ3n) is 4.94. The minimum Gasteiger partial charge on any atom is -0.351 e. The summed E-state index contributed by atoms with van der Waals surface area (Å²) in [6.07, 6.45) is 6.52. The SMILES string of the molecule is Cc1cnc(Nc2cnn(C)c2)nc1N1CC(CC#N)(NC(=O)c2cc(F)ccn2)C1. The molecule has 0 atom stereocenters. The number of aryl methyl sites for hydroxylation is 2. The van der Waals surface area contributed by atoms with Crippen molar-refractivity contribution in [2.24, 2.45) is 7.05 Å². The highest BCUT2D eigenvalue weighted by molar-refractivity contribution is 5.93. The molecule has 1 aliphatic heterocycles. The minimum atomic E-state index is -0.770. The first kappa shape index (κ1) is 20.2. The number of rotatable bonds is 6. The molecule has 1 saturated heterocycles. The van der Waals surface area contributed by atoms with Crippen LogP contribution in [0.2, 0.25) is 0 Å². The van der Waals surface area contributed by atoms with E-state index in [1.54, 1.807) is 23.3 Å². The van der Waals surface area contributed by atoms with E-state index in [0.717, 1.165) is 17.3 Å². The van der Waals surface area contributed by atoms with Crippen molar-refractivity contribution in [3.05, 3.63) is 54.0 Å². The quantitative estimate of drug-likeness (QED) is 0.616. The number of carbonyl (C=O) groups is 1. The summed E-state index contributed by atoms with van der Waals surface area (Å²) >= 11 is 0. The summed E-state index contributed by atoms with van der Waals surface area (Å²) in [6.45, 7) is 2.65. The molecular weight excluding hydrogens is 401 g/mol. The molecule has 1 aliphatic rings. The van der Waals surface area contributed by atoms with Gasteiger partial charge < -0.3 is 15.5 Å². The van der Waals surface area contributed by atoms with Gasteiger partial charge in [-0.25, -0.2) is 9.37 Å². The number of nitrogens with zero attached hydrogens (tertiary/aromatic N) is 7. The van der Waals surface area contributed by atoms with Gasteiger partial charge in [0.15, 0.2) is 0 Å². The Bertz CT molecular complexity index is 1160. The van der Waals surface area contributed by atoms with E-state index in [-0.39, 0.29) is 12.1 Å². The van der Waals surface area contributed by atoms with Gasteiger partial charge in [0.2, 0.25) is 5.95 Å². The summed E-state index contributed by atoms with van der Waals surface area (Å²) in [5, 5.41) is 19.3. The fourth-order valence-corrected chi connectivity index (χ4v) is 3.48. The van der Waals surface area contributed by atoms with E-state index in [2.05, 4.69) is 36.8 Å². The first-order valence-electron chi connectivity index (χ1n) is 9.53. The summed E-state index contributed by atoms with van der Waals surface area (Å²) in [5.74, 6) is 0.0511. The molecule has 1 amide bonds. The summed E-state index contributed by atoms with van der Waals surface area (Å²) in [6, 6.07) is 4.36. The molecule has 4 rings (SSSR count). The van der Waals surface area contributed by atoms with E-state index in [1.165, 1.54) is 12.3 Å². The van der Waals surface area contributed by atoms with Gasteiger partial charge in [0.1, 0.15) is 17.3 Å². The Labute approximate surface area is 177 Å². The molecule has 10 nitrogen and oxygen atoms in total. The number of carbonyl (C=O) groups excluding carboxylic acids is 1. The molecule has 0 aromatic carbocycles. The molecule has 4 heterocycles. The number of pyridine rings is 1. The fourth-order valence-electron chi connectivity index (χ4n) is 3.48. The van der Waals surface area contributed by atoms with Gasteiger partial charge >= 0.3 is 0 Å². The minimum absolute atomic E-state index is 0.0306. The normalized spacial score (nSPS) is 14.5. The molecule has 3 aromatic heterocycles. The van der Waals surface area contributed by atoms with Crippen molar-refractivity contribution in [2.45, 2.75) is 18.9 Å². The number of aromatic nitrogens is 5. The van der Waals surface area contributed by atoms with Crippen LogP contribution >= 0.6 is 0 Å². The van der Waals surface area contributed by atoms with E-state index in [4.69, 9.17) is 0 Å². The molecule has 0 unspecified atom stereocenters. The lowest BCUT2D eigenvalue weighted by atomic mass is 9.86. The molecular formula is C20H20FN9O. The van der Waals surface area contributed by atoms with E-state index >= 15 is 0 Å². The Balaban J connectivity index is 1.49. The zero-order valence-corrected chi connectivity index (χ0v) is 17.0. The van der Waals surface area contributed by atoms with Gasteiger partial charge in [0, 0.05) is 50.4 Å². The number of anilines is 3. The lowest BCUT2D eigenvalue weighted by Crippen LogP contribution is -2.70. The third kappa shape index (κ3) is 4.28. The third-order valence-corrected chi connectivity index (χ3v) is 4.94. The molecule has 0 spiro atoms. The number of halogens is 1. The predicted molar refractivity (Wildman–Crippen MR) is 110 cm³/mol. The highest BCUT2D eigenvalue weighted by Gasteiger charge is 2.45. The Hall–Kier alpha value is -4.07. The predicted octanol–water partition coefficient (Wildman–Crippen LogP) is 1.70. The lowest BCUT2D eigenvalue weighted by molar-refractivity contribution is 0.0873. The van der Waals surface area contributed by atoms with Crippen LogP contribution < -0.4 is 15.5 Å². The van der Waals surface area contributed by atoms with Crippen LogP contribution in [0, 0.1) is 24.1 Å². The highest BCUT2D eigenvalue weighted by Crippen LogP contribution is 2.31. The smallest absolute Gasteiger partial charge is 0.270 e.